The van der Waals surface area contributed by atoms with Gasteiger partial charge in [-0.25, -0.2) is 0 Å². The van der Waals surface area contributed by atoms with Gasteiger partial charge in [-0.2, -0.15) is 8.42 Å². The third-order valence-electron chi connectivity index (χ3n) is 4.24. The molecule has 0 heterocycles. The van der Waals surface area contributed by atoms with E-state index in [9.17, 15) is 8.42 Å². The summed E-state index contributed by atoms with van der Waals surface area (Å²) in [5, 5.41) is 0. The van der Waals surface area contributed by atoms with Gasteiger partial charge in [-0.15, -0.1) is 0 Å². The highest BCUT2D eigenvalue weighted by Gasteiger charge is 2.31. The molecule has 1 N–H and O–H groups in total. The van der Waals surface area contributed by atoms with E-state index in [4.69, 9.17) is 4.55 Å². The van der Waals surface area contributed by atoms with Gasteiger partial charge in [0.25, 0.3) is 10.1 Å². The minimum atomic E-state index is -3.74. The Labute approximate surface area is 98.4 Å². The van der Waals surface area contributed by atoms with Gasteiger partial charge in [0.1, 0.15) is 0 Å². The molecular formula is C12H22O3S. The van der Waals surface area contributed by atoms with Crippen LogP contribution in [0.4, 0.5) is 0 Å². The lowest BCUT2D eigenvalue weighted by Crippen LogP contribution is -2.27. The van der Waals surface area contributed by atoms with Crippen LogP contribution in [0.2, 0.25) is 0 Å². The van der Waals surface area contributed by atoms with Gasteiger partial charge < -0.3 is 0 Å². The smallest absolute Gasteiger partial charge is 0.264 e. The molecule has 0 saturated heterocycles. The summed E-state index contributed by atoms with van der Waals surface area (Å²) in [5.74, 6) is 2.47. The number of hydrogen-bond donors (Lipinski definition) is 1. The van der Waals surface area contributed by atoms with Crippen LogP contribution in [0, 0.1) is 17.8 Å². The third kappa shape index (κ3) is 3.74. The molecule has 0 amide bonds. The van der Waals surface area contributed by atoms with E-state index in [1.165, 1.54) is 38.5 Å². The van der Waals surface area contributed by atoms with E-state index in [-0.39, 0.29) is 5.75 Å². The molecule has 2 saturated carbocycles. The largest absolute Gasteiger partial charge is 0.286 e. The van der Waals surface area contributed by atoms with Crippen LogP contribution >= 0.6 is 0 Å². The van der Waals surface area contributed by atoms with Gasteiger partial charge in [-0.3, -0.25) is 4.55 Å². The fraction of sp³-hybridized carbons (Fsp3) is 1.00. The molecular weight excluding hydrogens is 224 g/mol. The van der Waals surface area contributed by atoms with Crippen molar-refractivity contribution in [2.75, 3.05) is 5.75 Å². The van der Waals surface area contributed by atoms with Crippen molar-refractivity contribution in [3.05, 3.63) is 0 Å². The lowest BCUT2D eigenvalue weighted by atomic mass is 9.67. The molecule has 3 nitrogen and oxygen atoms in total. The summed E-state index contributed by atoms with van der Waals surface area (Å²) >= 11 is 0. The molecule has 0 aromatic rings. The molecule has 2 unspecified atom stereocenters. The van der Waals surface area contributed by atoms with E-state index in [2.05, 4.69) is 0 Å². The van der Waals surface area contributed by atoms with Crippen LogP contribution in [-0.2, 0) is 10.1 Å². The van der Waals surface area contributed by atoms with Crippen molar-refractivity contribution in [2.45, 2.75) is 51.4 Å². The van der Waals surface area contributed by atoms with Gasteiger partial charge in [-0.1, -0.05) is 19.3 Å². The monoisotopic (exact) mass is 246 g/mol. The van der Waals surface area contributed by atoms with Crippen molar-refractivity contribution < 1.29 is 13.0 Å². The lowest BCUT2D eigenvalue weighted by Gasteiger charge is -2.39. The van der Waals surface area contributed by atoms with Crippen LogP contribution in [0.15, 0.2) is 0 Å². The second kappa shape index (κ2) is 5.05. The molecule has 2 fully saturated rings. The van der Waals surface area contributed by atoms with Crippen LogP contribution in [0.3, 0.4) is 0 Å². The summed E-state index contributed by atoms with van der Waals surface area (Å²) in [5.41, 5.74) is 0. The molecule has 94 valence electrons. The van der Waals surface area contributed by atoms with E-state index in [0.717, 1.165) is 18.3 Å². The zero-order chi connectivity index (χ0) is 11.6. The maximum Gasteiger partial charge on any atom is 0.264 e. The molecule has 2 aliphatic carbocycles. The molecule has 0 aromatic carbocycles. The maximum absolute atomic E-state index is 10.6. The fourth-order valence-electron chi connectivity index (χ4n) is 3.66. The van der Waals surface area contributed by atoms with Gasteiger partial charge in [0.2, 0.25) is 0 Å². The fourth-order valence-corrected chi connectivity index (χ4v) is 4.19. The Morgan fingerprint density at radius 2 is 1.69 bits per heavy atom. The van der Waals surface area contributed by atoms with E-state index in [1.54, 1.807) is 0 Å². The van der Waals surface area contributed by atoms with Crippen molar-refractivity contribution in [1.82, 2.24) is 0 Å². The Morgan fingerprint density at radius 1 is 1.06 bits per heavy atom. The van der Waals surface area contributed by atoms with Crippen molar-refractivity contribution in [2.24, 2.45) is 17.8 Å². The van der Waals surface area contributed by atoms with Crippen molar-refractivity contribution in [3.63, 3.8) is 0 Å². The summed E-state index contributed by atoms with van der Waals surface area (Å²) in [4.78, 5) is 0. The Bertz CT molecular complexity index is 311. The van der Waals surface area contributed by atoms with Crippen LogP contribution in [-0.4, -0.2) is 18.7 Å². The second-order valence-corrected chi connectivity index (χ2v) is 7.24. The minimum absolute atomic E-state index is 0.0567. The van der Waals surface area contributed by atoms with Gasteiger partial charge in [0, 0.05) is 0 Å². The molecule has 2 bridgehead atoms. The average Bonchev–Trinajstić information content (AvgIpc) is 2.15. The molecule has 0 spiro atoms. The number of hydrogen-bond acceptors (Lipinski definition) is 2. The quantitative estimate of drug-likeness (QED) is 0.776. The van der Waals surface area contributed by atoms with E-state index in [1.807, 2.05) is 0 Å². The second-order valence-electron chi connectivity index (χ2n) is 5.66. The Morgan fingerprint density at radius 3 is 2.25 bits per heavy atom. The Kier molecular flexibility index (Phi) is 3.90. The summed E-state index contributed by atoms with van der Waals surface area (Å²) in [7, 11) is -3.74. The highest BCUT2D eigenvalue weighted by molar-refractivity contribution is 7.85. The first-order valence-corrected chi connectivity index (χ1v) is 8.09. The van der Waals surface area contributed by atoms with Gasteiger partial charge in [-0.05, 0) is 49.9 Å². The van der Waals surface area contributed by atoms with E-state index < -0.39 is 10.1 Å². The number of rotatable bonds is 4. The van der Waals surface area contributed by atoms with Gasteiger partial charge in [0.15, 0.2) is 0 Å². The average molecular weight is 246 g/mol. The standard InChI is InChI=1S/C12H22O3S/c13-16(14,15)6-2-5-12-8-10-3-1-4-11(7-10)9-12/h10-12H,1-9H2,(H,13,14,15). The van der Waals surface area contributed by atoms with E-state index >= 15 is 0 Å². The minimum Gasteiger partial charge on any atom is -0.286 e. The molecule has 0 radical (unpaired) electrons. The maximum atomic E-state index is 10.6. The van der Waals surface area contributed by atoms with Gasteiger partial charge >= 0.3 is 0 Å². The zero-order valence-corrected chi connectivity index (χ0v) is 10.6. The summed E-state index contributed by atoms with van der Waals surface area (Å²) in [6, 6.07) is 0. The first kappa shape index (κ1) is 12.4. The van der Waals surface area contributed by atoms with Crippen LogP contribution in [0.25, 0.3) is 0 Å². The topological polar surface area (TPSA) is 54.4 Å². The molecule has 2 atom stereocenters. The van der Waals surface area contributed by atoms with Gasteiger partial charge in [0.05, 0.1) is 5.75 Å². The molecule has 0 aliphatic heterocycles. The molecule has 0 aromatic heterocycles. The van der Waals surface area contributed by atoms with Crippen LogP contribution in [0.1, 0.15) is 51.4 Å². The Hall–Kier alpha value is -0.0900. The van der Waals surface area contributed by atoms with Crippen LogP contribution < -0.4 is 0 Å². The zero-order valence-electron chi connectivity index (χ0n) is 9.77. The predicted molar refractivity (Wildman–Crippen MR) is 63.8 cm³/mol. The summed E-state index contributed by atoms with van der Waals surface area (Å²) < 4.78 is 29.9. The molecule has 4 heteroatoms. The van der Waals surface area contributed by atoms with E-state index in [0.29, 0.717) is 12.3 Å². The first-order chi connectivity index (χ1) is 7.53. The summed E-state index contributed by atoms with van der Waals surface area (Å²) in [6.07, 6.45) is 9.76. The highest BCUT2D eigenvalue weighted by atomic mass is 32.2. The summed E-state index contributed by atoms with van der Waals surface area (Å²) in [6.45, 7) is 0. The van der Waals surface area contributed by atoms with Crippen LogP contribution in [0.5, 0.6) is 0 Å². The van der Waals surface area contributed by atoms with Crippen molar-refractivity contribution in [3.8, 4) is 0 Å². The van der Waals surface area contributed by atoms with Crippen molar-refractivity contribution >= 4 is 10.1 Å². The Balaban J connectivity index is 1.74. The number of fused-ring (bicyclic) bond motifs is 2. The molecule has 16 heavy (non-hydrogen) atoms. The third-order valence-corrected chi connectivity index (χ3v) is 5.04. The molecule has 2 aliphatic rings. The van der Waals surface area contributed by atoms with Crippen molar-refractivity contribution in [1.29, 1.82) is 0 Å². The first-order valence-electron chi connectivity index (χ1n) is 6.48. The predicted octanol–water partition coefficient (Wildman–Crippen LogP) is 2.87. The molecule has 2 rings (SSSR count). The highest BCUT2D eigenvalue weighted by Crippen LogP contribution is 2.43. The SMILES string of the molecule is O=S(=O)(O)CCCC1CC2CCCC(C2)C1. The normalized spacial score (nSPS) is 34.9. The lowest BCUT2D eigenvalue weighted by molar-refractivity contribution is 0.132.